The van der Waals surface area contributed by atoms with Crippen molar-refractivity contribution in [3.8, 4) is 5.75 Å². The van der Waals surface area contributed by atoms with E-state index in [1.807, 2.05) is 36.4 Å². The number of benzene rings is 2. The normalized spacial score (nSPS) is 12.0. The summed E-state index contributed by atoms with van der Waals surface area (Å²) in [4.78, 5) is 0. The summed E-state index contributed by atoms with van der Waals surface area (Å²) in [6.45, 7) is 2.22. The van der Waals surface area contributed by atoms with E-state index in [-0.39, 0.29) is 11.9 Å². The molecule has 0 aliphatic carbocycles. The summed E-state index contributed by atoms with van der Waals surface area (Å²) >= 11 is 0. The summed E-state index contributed by atoms with van der Waals surface area (Å²) < 4.78 is 18.4. The van der Waals surface area contributed by atoms with E-state index in [9.17, 15) is 4.39 Å². The standard InChI is InChI=1S/C20H26FNO/c1-3-4-5-6-7-20(16-8-10-17(21)11-9-16)22-18-12-14-19(23-2)15-13-18/h8-15,20,22H,3-7H2,1-2H3. The quantitative estimate of drug-likeness (QED) is 0.577. The Kier molecular flexibility index (Phi) is 6.92. The fourth-order valence-electron chi connectivity index (χ4n) is 2.68. The van der Waals surface area contributed by atoms with Gasteiger partial charge < -0.3 is 10.1 Å². The average molecular weight is 315 g/mol. The molecule has 2 rings (SSSR count). The monoisotopic (exact) mass is 315 g/mol. The summed E-state index contributed by atoms with van der Waals surface area (Å²) in [6.07, 6.45) is 5.93. The molecule has 0 bridgehead atoms. The molecule has 3 heteroatoms. The Morgan fingerprint density at radius 1 is 0.957 bits per heavy atom. The first-order valence-corrected chi connectivity index (χ1v) is 8.39. The number of ether oxygens (including phenoxy) is 1. The van der Waals surface area contributed by atoms with Gasteiger partial charge in [-0.1, -0.05) is 44.7 Å². The maximum absolute atomic E-state index is 13.2. The zero-order valence-electron chi connectivity index (χ0n) is 14.0. The highest BCUT2D eigenvalue weighted by Gasteiger charge is 2.11. The second kappa shape index (κ2) is 9.19. The smallest absolute Gasteiger partial charge is 0.123 e. The molecule has 1 unspecified atom stereocenters. The minimum atomic E-state index is -0.192. The van der Waals surface area contributed by atoms with Gasteiger partial charge in [0, 0.05) is 5.69 Å². The first-order chi connectivity index (χ1) is 11.2. The maximum atomic E-state index is 13.2. The molecule has 0 saturated carbocycles. The Bertz CT molecular complexity index is 565. The lowest BCUT2D eigenvalue weighted by Crippen LogP contribution is -2.11. The van der Waals surface area contributed by atoms with Crippen LogP contribution < -0.4 is 10.1 Å². The van der Waals surface area contributed by atoms with Gasteiger partial charge in [-0.05, 0) is 48.4 Å². The number of hydrogen-bond donors (Lipinski definition) is 1. The van der Waals surface area contributed by atoms with E-state index in [4.69, 9.17) is 4.74 Å². The number of methoxy groups -OCH3 is 1. The van der Waals surface area contributed by atoms with Crippen molar-refractivity contribution < 1.29 is 9.13 Å². The maximum Gasteiger partial charge on any atom is 0.123 e. The molecule has 0 saturated heterocycles. The van der Waals surface area contributed by atoms with E-state index in [0.29, 0.717) is 0 Å². The fourth-order valence-corrected chi connectivity index (χ4v) is 2.68. The molecular formula is C20H26FNO. The molecule has 0 fully saturated rings. The van der Waals surface area contributed by atoms with Crippen LogP contribution in [0.15, 0.2) is 48.5 Å². The summed E-state index contributed by atoms with van der Waals surface area (Å²) in [7, 11) is 1.66. The Morgan fingerprint density at radius 2 is 1.65 bits per heavy atom. The van der Waals surface area contributed by atoms with Crippen molar-refractivity contribution in [3.63, 3.8) is 0 Å². The van der Waals surface area contributed by atoms with Crippen molar-refractivity contribution in [3.05, 3.63) is 59.9 Å². The number of nitrogens with one attached hydrogen (secondary N) is 1. The molecule has 0 heterocycles. The molecule has 1 N–H and O–H groups in total. The zero-order chi connectivity index (χ0) is 16.5. The molecule has 0 amide bonds. The van der Waals surface area contributed by atoms with Crippen molar-refractivity contribution in [2.45, 2.75) is 45.1 Å². The third-order valence-electron chi connectivity index (χ3n) is 4.05. The predicted molar refractivity (Wildman–Crippen MR) is 94.5 cm³/mol. The van der Waals surface area contributed by atoms with E-state index < -0.39 is 0 Å². The predicted octanol–water partition coefficient (Wildman–Crippen LogP) is 5.96. The van der Waals surface area contributed by atoms with Gasteiger partial charge in [-0.25, -0.2) is 4.39 Å². The van der Waals surface area contributed by atoms with Gasteiger partial charge >= 0.3 is 0 Å². The topological polar surface area (TPSA) is 21.3 Å². The molecule has 0 aliphatic rings. The third kappa shape index (κ3) is 5.59. The van der Waals surface area contributed by atoms with E-state index in [0.717, 1.165) is 23.4 Å². The number of unbranched alkanes of at least 4 members (excludes halogenated alkanes) is 3. The molecule has 1 atom stereocenters. The Labute approximate surface area is 138 Å². The summed E-state index contributed by atoms with van der Waals surface area (Å²) in [5.41, 5.74) is 2.18. The summed E-state index contributed by atoms with van der Waals surface area (Å²) in [6, 6.07) is 14.9. The summed E-state index contributed by atoms with van der Waals surface area (Å²) in [5.74, 6) is 0.653. The van der Waals surface area contributed by atoms with Crippen LogP contribution in [0.1, 0.15) is 50.6 Å². The number of rotatable bonds is 9. The van der Waals surface area contributed by atoms with E-state index >= 15 is 0 Å². The highest BCUT2D eigenvalue weighted by Crippen LogP contribution is 2.26. The van der Waals surface area contributed by atoms with Crippen LogP contribution in [0, 0.1) is 5.82 Å². The molecule has 23 heavy (non-hydrogen) atoms. The van der Waals surface area contributed by atoms with E-state index in [2.05, 4.69) is 12.2 Å². The van der Waals surface area contributed by atoms with Crippen LogP contribution in [0.2, 0.25) is 0 Å². The highest BCUT2D eigenvalue weighted by atomic mass is 19.1. The van der Waals surface area contributed by atoms with Crippen molar-refractivity contribution in [1.82, 2.24) is 0 Å². The molecular weight excluding hydrogens is 289 g/mol. The number of hydrogen-bond acceptors (Lipinski definition) is 2. The third-order valence-corrected chi connectivity index (χ3v) is 4.05. The second-order valence-corrected chi connectivity index (χ2v) is 5.83. The molecule has 0 aliphatic heterocycles. The zero-order valence-corrected chi connectivity index (χ0v) is 14.0. The SMILES string of the molecule is CCCCCCC(Nc1ccc(OC)cc1)c1ccc(F)cc1. The van der Waals surface area contributed by atoms with E-state index in [1.54, 1.807) is 7.11 Å². The Hall–Kier alpha value is -2.03. The van der Waals surface area contributed by atoms with Crippen LogP contribution in [0.25, 0.3) is 0 Å². The summed E-state index contributed by atoms with van der Waals surface area (Å²) in [5, 5.41) is 3.56. The van der Waals surface area contributed by atoms with Crippen LogP contribution >= 0.6 is 0 Å². The lowest BCUT2D eigenvalue weighted by atomic mass is 9.99. The van der Waals surface area contributed by atoms with Crippen molar-refractivity contribution in [2.75, 3.05) is 12.4 Å². The van der Waals surface area contributed by atoms with Gasteiger partial charge in [-0.2, -0.15) is 0 Å². The average Bonchev–Trinajstić information content (AvgIpc) is 2.59. The van der Waals surface area contributed by atoms with Crippen LogP contribution in [0.3, 0.4) is 0 Å². The molecule has 0 aromatic heterocycles. The van der Waals surface area contributed by atoms with Gasteiger partial charge in [0.25, 0.3) is 0 Å². The van der Waals surface area contributed by atoms with Gasteiger partial charge in [0.2, 0.25) is 0 Å². The molecule has 0 radical (unpaired) electrons. The van der Waals surface area contributed by atoms with Crippen molar-refractivity contribution in [2.24, 2.45) is 0 Å². The van der Waals surface area contributed by atoms with Crippen molar-refractivity contribution in [1.29, 1.82) is 0 Å². The van der Waals surface area contributed by atoms with Gasteiger partial charge in [-0.3, -0.25) is 0 Å². The van der Waals surface area contributed by atoms with Crippen LogP contribution in [0.5, 0.6) is 5.75 Å². The van der Waals surface area contributed by atoms with Crippen LogP contribution in [-0.2, 0) is 0 Å². The molecule has 0 spiro atoms. The lowest BCUT2D eigenvalue weighted by Gasteiger charge is -2.21. The number of halogens is 1. The first kappa shape index (κ1) is 17.3. The van der Waals surface area contributed by atoms with Gasteiger partial charge in [-0.15, -0.1) is 0 Å². The van der Waals surface area contributed by atoms with Crippen LogP contribution in [0.4, 0.5) is 10.1 Å². The fraction of sp³-hybridized carbons (Fsp3) is 0.400. The lowest BCUT2D eigenvalue weighted by molar-refractivity contribution is 0.415. The van der Waals surface area contributed by atoms with Crippen LogP contribution in [-0.4, -0.2) is 7.11 Å². The van der Waals surface area contributed by atoms with E-state index in [1.165, 1.54) is 37.8 Å². The molecule has 124 valence electrons. The molecule has 2 nitrogen and oxygen atoms in total. The Balaban J connectivity index is 2.06. The van der Waals surface area contributed by atoms with Gasteiger partial charge in [0.15, 0.2) is 0 Å². The second-order valence-electron chi connectivity index (χ2n) is 5.83. The minimum Gasteiger partial charge on any atom is -0.497 e. The molecule has 2 aromatic carbocycles. The van der Waals surface area contributed by atoms with Gasteiger partial charge in [0.05, 0.1) is 13.2 Å². The van der Waals surface area contributed by atoms with Gasteiger partial charge in [0.1, 0.15) is 11.6 Å². The highest BCUT2D eigenvalue weighted by molar-refractivity contribution is 5.48. The minimum absolute atomic E-state index is 0.192. The largest absolute Gasteiger partial charge is 0.497 e. The Morgan fingerprint density at radius 3 is 2.26 bits per heavy atom. The first-order valence-electron chi connectivity index (χ1n) is 8.39. The number of anilines is 1. The van der Waals surface area contributed by atoms with Crippen molar-refractivity contribution >= 4 is 5.69 Å². The molecule has 2 aromatic rings.